The van der Waals surface area contributed by atoms with Gasteiger partial charge in [-0.15, -0.1) is 11.3 Å². The van der Waals surface area contributed by atoms with Crippen LogP contribution in [0.2, 0.25) is 0 Å². The third-order valence-corrected chi connectivity index (χ3v) is 4.68. The standard InChI is InChI=1S/C16H15N3OS/c20-16(19-15-6-3-7-21-15)17-10-8-12-11-4-1-2-5-13(11)18-14(12)9-10/h1-7,10,18H,8-9H2,(H2,17,19,20). The lowest BCUT2D eigenvalue weighted by atomic mass is 10.1. The van der Waals surface area contributed by atoms with Gasteiger partial charge in [-0.05, 0) is 35.6 Å². The Morgan fingerprint density at radius 2 is 2.10 bits per heavy atom. The maximum absolute atomic E-state index is 12.0. The average molecular weight is 297 g/mol. The maximum atomic E-state index is 12.0. The van der Waals surface area contributed by atoms with Crippen LogP contribution in [0.4, 0.5) is 9.80 Å². The average Bonchev–Trinajstić information content (AvgIpc) is 3.14. The largest absolute Gasteiger partial charge is 0.358 e. The molecule has 2 amide bonds. The number of thiophene rings is 1. The first-order valence-corrected chi connectivity index (χ1v) is 7.87. The number of para-hydroxylation sites is 1. The van der Waals surface area contributed by atoms with Crippen molar-refractivity contribution in [3.63, 3.8) is 0 Å². The molecular weight excluding hydrogens is 282 g/mol. The first kappa shape index (κ1) is 12.5. The summed E-state index contributed by atoms with van der Waals surface area (Å²) in [5, 5.41) is 10.0. The van der Waals surface area contributed by atoms with E-state index in [2.05, 4.69) is 33.8 Å². The monoisotopic (exact) mass is 297 g/mol. The number of hydrogen-bond acceptors (Lipinski definition) is 2. The number of carbonyl (C=O) groups is 1. The highest BCUT2D eigenvalue weighted by Gasteiger charge is 2.26. The van der Waals surface area contributed by atoms with Crippen LogP contribution in [-0.4, -0.2) is 17.1 Å². The smallest absolute Gasteiger partial charge is 0.320 e. The highest BCUT2D eigenvalue weighted by molar-refractivity contribution is 7.14. The SMILES string of the molecule is O=C(Nc1cccs1)NC1Cc2[nH]c3ccccc3c2C1. The van der Waals surface area contributed by atoms with Gasteiger partial charge >= 0.3 is 6.03 Å². The molecule has 1 aromatic carbocycles. The summed E-state index contributed by atoms with van der Waals surface area (Å²) in [5.41, 5.74) is 3.77. The Morgan fingerprint density at radius 3 is 2.95 bits per heavy atom. The number of carbonyl (C=O) groups excluding carboxylic acids is 1. The van der Waals surface area contributed by atoms with Gasteiger partial charge in [0.25, 0.3) is 0 Å². The van der Waals surface area contributed by atoms with E-state index in [0.717, 1.165) is 17.8 Å². The number of aromatic nitrogens is 1. The van der Waals surface area contributed by atoms with Gasteiger partial charge < -0.3 is 10.3 Å². The molecular formula is C16H15N3OS. The Hall–Kier alpha value is -2.27. The van der Waals surface area contributed by atoms with Gasteiger partial charge in [0.05, 0.1) is 5.00 Å². The summed E-state index contributed by atoms with van der Waals surface area (Å²) < 4.78 is 0. The second-order valence-electron chi connectivity index (χ2n) is 5.31. The maximum Gasteiger partial charge on any atom is 0.320 e. The number of anilines is 1. The summed E-state index contributed by atoms with van der Waals surface area (Å²) in [6.07, 6.45) is 1.75. The van der Waals surface area contributed by atoms with Gasteiger partial charge in [0.2, 0.25) is 0 Å². The molecule has 2 heterocycles. The van der Waals surface area contributed by atoms with Crippen molar-refractivity contribution in [1.82, 2.24) is 10.3 Å². The van der Waals surface area contributed by atoms with Gasteiger partial charge in [-0.1, -0.05) is 18.2 Å². The van der Waals surface area contributed by atoms with Gasteiger partial charge in [0.15, 0.2) is 0 Å². The fraction of sp³-hybridized carbons (Fsp3) is 0.188. The van der Waals surface area contributed by atoms with Crippen molar-refractivity contribution < 1.29 is 4.79 Å². The van der Waals surface area contributed by atoms with Crippen molar-refractivity contribution in [3.05, 3.63) is 53.0 Å². The third-order valence-electron chi connectivity index (χ3n) is 3.90. The van der Waals surface area contributed by atoms with E-state index in [1.807, 2.05) is 23.6 Å². The molecule has 0 saturated carbocycles. The molecule has 21 heavy (non-hydrogen) atoms. The lowest BCUT2D eigenvalue weighted by Gasteiger charge is -2.12. The molecule has 3 aromatic rings. The molecule has 0 spiro atoms. The highest BCUT2D eigenvalue weighted by atomic mass is 32.1. The first-order valence-electron chi connectivity index (χ1n) is 6.99. The van der Waals surface area contributed by atoms with Gasteiger partial charge in [0.1, 0.15) is 0 Å². The summed E-state index contributed by atoms with van der Waals surface area (Å²) in [7, 11) is 0. The predicted molar refractivity (Wildman–Crippen MR) is 86.0 cm³/mol. The third kappa shape index (κ3) is 2.29. The van der Waals surface area contributed by atoms with Gasteiger partial charge in [0, 0.05) is 29.1 Å². The molecule has 1 unspecified atom stereocenters. The summed E-state index contributed by atoms with van der Waals surface area (Å²) in [4.78, 5) is 15.4. The minimum atomic E-state index is -0.128. The van der Waals surface area contributed by atoms with Crippen molar-refractivity contribution in [2.24, 2.45) is 0 Å². The Labute approximate surface area is 126 Å². The molecule has 4 rings (SSSR count). The van der Waals surface area contributed by atoms with Crippen molar-refractivity contribution in [2.45, 2.75) is 18.9 Å². The van der Waals surface area contributed by atoms with E-state index in [1.54, 1.807) is 0 Å². The normalized spacial score (nSPS) is 16.9. The number of benzene rings is 1. The number of aromatic amines is 1. The van der Waals surface area contributed by atoms with Gasteiger partial charge in [-0.25, -0.2) is 4.79 Å². The molecule has 1 aliphatic rings. The Kier molecular flexibility index (Phi) is 2.93. The van der Waals surface area contributed by atoms with Crippen molar-refractivity contribution in [2.75, 3.05) is 5.32 Å². The molecule has 0 radical (unpaired) electrons. The molecule has 1 aliphatic carbocycles. The molecule has 1 atom stereocenters. The Morgan fingerprint density at radius 1 is 1.19 bits per heavy atom. The van der Waals surface area contributed by atoms with Gasteiger partial charge in [-0.3, -0.25) is 5.32 Å². The van der Waals surface area contributed by atoms with Crippen molar-refractivity contribution in [1.29, 1.82) is 0 Å². The molecule has 4 nitrogen and oxygen atoms in total. The van der Waals surface area contributed by atoms with E-state index in [1.165, 1.54) is 33.5 Å². The minimum Gasteiger partial charge on any atom is -0.358 e. The molecule has 0 bridgehead atoms. The van der Waals surface area contributed by atoms with E-state index in [4.69, 9.17) is 0 Å². The summed E-state index contributed by atoms with van der Waals surface area (Å²) >= 11 is 1.52. The molecule has 2 aromatic heterocycles. The van der Waals surface area contributed by atoms with Crippen LogP contribution >= 0.6 is 11.3 Å². The second-order valence-corrected chi connectivity index (χ2v) is 6.26. The molecule has 0 aliphatic heterocycles. The number of urea groups is 1. The second kappa shape index (κ2) is 4.93. The molecule has 3 N–H and O–H groups in total. The minimum absolute atomic E-state index is 0.128. The van der Waals surface area contributed by atoms with Crippen LogP contribution in [0.25, 0.3) is 10.9 Å². The Bertz CT molecular complexity index is 791. The number of hydrogen-bond donors (Lipinski definition) is 3. The first-order chi connectivity index (χ1) is 10.3. The number of fused-ring (bicyclic) bond motifs is 3. The van der Waals surface area contributed by atoms with Crippen LogP contribution in [0.3, 0.4) is 0 Å². The summed E-state index contributed by atoms with van der Waals surface area (Å²) in [6, 6.07) is 12.2. The molecule has 106 valence electrons. The fourth-order valence-corrected chi connectivity index (χ4v) is 3.63. The molecule has 0 fully saturated rings. The zero-order valence-electron chi connectivity index (χ0n) is 11.3. The van der Waals surface area contributed by atoms with Crippen LogP contribution in [0, 0.1) is 0 Å². The van der Waals surface area contributed by atoms with E-state index >= 15 is 0 Å². The quantitative estimate of drug-likeness (QED) is 0.666. The van der Waals surface area contributed by atoms with Crippen LogP contribution < -0.4 is 10.6 Å². The predicted octanol–water partition coefficient (Wildman–Crippen LogP) is 3.52. The van der Waals surface area contributed by atoms with Crippen LogP contribution in [0.1, 0.15) is 11.3 Å². The lowest BCUT2D eigenvalue weighted by Crippen LogP contribution is -2.38. The highest BCUT2D eigenvalue weighted by Crippen LogP contribution is 2.30. The van der Waals surface area contributed by atoms with Crippen molar-refractivity contribution >= 4 is 33.3 Å². The number of amides is 2. The lowest BCUT2D eigenvalue weighted by molar-refractivity contribution is 0.249. The molecule has 0 saturated heterocycles. The van der Waals surface area contributed by atoms with Crippen LogP contribution in [0.15, 0.2) is 41.8 Å². The summed E-state index contributed by atoms with van der Waals surface area (Å²) in [6.45, 7) is 0. The number of H-pyrrole nitrogens is 1. The zero-order valence-corrected chi connectivity index (χ0v) is 12.2. The van der Waals surface area contributed by atoms with Crippen LogP contribution in [-0.2, 0) is 12.8 Å². The van der Waals surface area contributed by atoms with E-state index in [9.17, 15) is 4.79 Å². The van der Waals surface area contributed by atoms with E-state index in [-0.39, 0.29) is 12.1 Å². The van der Waals surface area contributed by atoms with Crippen molar-refractivity contribution in [3.8, 4) is 0 Å². The summed E-state index contributed by atoms with van der Waals surface area (Å²) in [5.74, 6) is 0. The van der Waals surface area contributed by atoms with Crippen LogP contribution in [0.5, 0.6) is 0 Å². The van der Waals surface area contributed by atoms with Gasteiger partial charge in [-0.2, -0.15) is 0 Å². The zero-order chi connectivity index (χ0) is 14.2. The number of rotatable bonds is 2. The molecule has 5 heteroatoms. The van der Waals surface area contributed by atoms with E-state index < -0.39 is 0 Å². The number of nitrogens with one attached hydrogen (secondary N) is 3. The van der Waals surface area contributed by atoms with E-state index in [0.29, 0.717) is 0 Å². The Balaban J connectivity index is 1.46. The fourth-order valence-electron chi connectivity index (χ4n) is 3.01. The topological polar surface area (TPSA) is 56.9 Å².